The summed E-state index contributed by atoms with van der Waals surface area (Å²) in [4.78, 5) is 16.0. The molecule has 5 unspecified atom stereocenters. The average molecular weight is 434 g/mol. The van der Waals surface area contributed by atoms with E-state index in [4.69, 9.17) is 9.29 Å². The molecule has 162 valence electrons. The molecule has 9 heteroatoms. The van der Waals surface area contributed by atoms with E-state index >= 15 is 0 Å². The number of aromatic nitrogens is 1. The molecule has 0 aliphatic heterocycles. The molecular formula is C21H27N3O5S. The summed E-state index contributed by atoms with van der Waals surface area (Å²) < 4.78 is 27.9. The first-order valence-corrected chi connectivity index (χ1v) is 11.3. The number of aliphatic hydroxyl groups excluding tert-OH is 1. The molecule has 1 aromatic heterocycles. The maximum absolute atomic E-state index is 12.7. The Bertz CT molecular complexity index is 929. The molecular weight excluding hydrogens is 406 g/mol. The number of anilines is 1. The molecule has 8 nitrogen and oxygen atoms in total. The first-order chi connectivity index (χ1) is 14.4. The Morgan fingerprint density at radius 3 is 2.73 bits per heavy atom. The number of nitrogens with one attached hydrogen (secondary N) is 3. The first-order valence-electron chi connectivity index (χ1n) is 10.2. The third kappa shape index (κ3) is 4.59. The van der Waals surface area contributed by atoms with E-state index in [1.165, 1.54) is 0 Å². The number of ether oxygens (including phenoxy) is 1. The van der Waals surface area contributed by atoms with Gasteiger partial charge in [0.15, 0.2) is 5.78 Å². The van der Waals surface area contributed by atoms with Crippen LogP contribution < -0.4 is 14.8 Å². The minimum Gasteiger partial charge on any atom is -0.488 e. The second-order valence-corrected chi connectivity index (χ2v) is 8.76. The van der Waals surface area contributed by atoms with Gasteiger partial charge in [0.25, 0.3) is 11.3 Å². The number of carbonyl (C=O) groups excluding carboxylic acids is 1. The van der Waals surface area contributed by atoms with E-state index in [1.54, 1.807) is 24.3 Å². The molecule has 30 heavy (non-hydrogen) atoms. The van der Waals surface area contributed by atoms with Crippen LogP contribution in [0.15, 0.2) is 30.3 Å². The predicted molar refractivity (Wildman–Crippen MR) is 114 cm³/mol. The van der Waals surface area contributed by atoms with Crippen molar-refractivity contribution >= 4 is 22.7 Å². The lowest BCUT2D eigenvalue weighted by atomic mass is 9.86. The molecule has 0 spiro atoms. The van der Waals surface area contributed by atoms with Gasteiger partial charge in [0, 0.05) is 41.1 Å². The third-order valence-corrected chi connectivity index (χ3v) is 6.35. The van der Waals surface area contributed by atoms with Crippen LogP contribution in [-0.4, -0.2) is 49.4 Å². The fourth-order valence-corrected chi connectivity index (χ4v) is 4.73. The summed E-state index contributed by atoms with van der Waals surface area (Å²) in [5.41, 5.74) is 3.37. The number of rotatable bonds is 7. The Morgan fingerprint density at radius 1 is 1.23 bits per heavy atom. The number of ketones is 1. The minimum atomic E-state index is -2.12. The zero-order valence-corrected chi connectivity index (χ0v) is 17.6. The van der Waals surface area contributed by atoms with Crippen LogP contribution in [0.2, 0.25) is 0 Å². The van der Waals surface area contributed by atoms with Crippen molar-refractivity contribution in [2.75, 3.05) is 11.3 Å². The van der Waals surface area contributed by atoms with Gasteiger partial charge in [-0.1, -0.05) is 0 Å². The maximum Gasteiger partial charge on any atom is 0.259 e. The molecule has 0 bridgehead atoms. The number of fused-ring (bicyclic) bond motifs is 1. The molecule has 0 amide bonds. The molecule has 0 saturated heterocycles. The summed E-state index contributed by atoms with van der Waals surface area (Å²) in [6.45, 7) is 2.51. The SMILES string of the molecule is Cc1cc2c([nH]1)CCC(CNC1CCC(Oc3ccc(NS(=O)O)cc3)C1O)C2=O. The number of hydrogen-bond acceptors (Lipinski definition) is 5. The molecule has 2 aliphatic carbocycles. The maximum atomic E-state index is 12.7. The smallest absolute Gasteiger partial charge is 0.259 e. The molecule has 0 radical (unpaired) electrons. The van der Waals surface area contributed by atoms with Crippen LogP contribution in [0.4, 0.5) is 5.69 Å². The topological polar surface area (TPSA) is 124 Å². The van der Waals surface area contributed by atoms with Crippen LogP contribution in [0.5, 0.6) is 5.75 Å². The zero-order chi connectivity index (χ0) is 21.3. The number of Topliss-reactive ketones (excluding diaryl/α,β-unsaturated/α-hetero) is 1. The van der Waals surface area contributed by atoms with Gasteiger partial charge >= 0.3 is 0 Å². The largest absolute Gasteiger partial charge is 0.488 e. The lowest BCUT2D eigenvalue weighted by Crippen LogP contribution is -2.44. The highest BCUT2D eigenvalue weighted by molar-refractivity contribution is 7.80. The van der Waals surface area contributed by atoms with Crippen molar-refractivity contribution in [3.8, 4) is 5.75 Å². The van der Waals surface area contributed by atoms with Gasteiger partial charge < -0.3 is 20.1 Å². The predicted octanol–water partition coefficient (Wildman–Crippen LogP) is 2.18. The number of aryl methyl sites for hydroxylation is 2. The molecule has 2 aromatic rings. The summed E-state index contributed by atoms with van der Waals surface area (Å²) in [6.07, 6.45) is 2.14. The number of benzene rings is 1. The van der Waals surface area contributed by atoms with Gasteiger partial charge in [0.2, 0.25) is 0 Å². The van der Waals surface area contributed by atoms with Crippen LogP contribution in [-0.2, 0) is 17.7 Å². The normalized spacial score (nSPS) is 27.0. The van der Waals surface area contributed by atoms with Gasteiger partial charge in [0.05, 0.1) is 0 Å². The van der Waals surface area contributed by atoms with Crippen molar-refractivity contribution in [2.45, 2.75) is 50.9 Å². The molecule has 2 aliphatic rings. The molecule has 5 N–H and O–H groups in total. The standard InChI is InChI=1S/C21H27N3O5S/c1-12-10-16-17(23-12)7-2-13(20(16)25)11-22-18-8-9-19(21(18)26)29-15-5-3-14(4-6-15)24-30(27)28/h3-6,10,13,18-19,21-24,26H,2,7-9,11H2,1H3,(H,27,28). The minimum absolute atomic E-state index is 0.0722. The molecule has 5 atom stereocenters. The van der Waals surface area contributed by atoms with Crippen LogP contribution in [0.25, 0.3) is 0 Å². The average Bonchev–Trinajstić information content (AvgIpc) is 3.25. The van der Waals surface area contributed by atoms with E-state index in [1.807, 2.05) is 13.0 Å². The third-order valence-electron chi connectivity index (χ3n) is 5.94. The Hall–Kier alpha value is -2.20. The van der Waals surface area contributed by atoms with Crippen molar-refractivity contribution in [3.63, 3.8) is 0 Å². The second kappa shape index (κ2) is 8.89. The summed E-state index contributed by atoms with van der Waals surface area (Å²) in [5, 5.41) is 14.1. The lowest BCUT2D eigenvalue weighted by molar-refractivity contribution is 0.0441. The van der Waals surface area contributed by atoms with E-state index in [2.05, 4.69) is 15.0 Å². The number of hydrogen-bond donors (Lipinski definition) is 5. The van der Waals surface area contributed by atoms with Gasteiger partial charge in [-0.15, -0.1) is 0 Å². The number of aliphatic hydroxyl groups is 1. The van der Waals surface area contributed by atoms with Gasteiger partial charge in [0.1, 0.15) is 18.0 Å². The number of aromatic amines is 1. The highest BCUT2D eigenvalue weighted by Crippen LogP contribution is 2.28. The van der Waals surface area contributed by atoms with E-state index in [0.717, 1.165) is 36.2 Å². The van der Waals surface area contributed by atoms with Gasteiger partial charge in [-0.05, 0) is 62.9 Å². The Kier molecular flexibility index (Phi) is 6.24. The highest BCUT2D eigenvalue weighted by Gasteiger charge is 2.37. The van der Waals surface area contributed by atoms with E-state index in [0.29, 0.717) is 24.4 Å². The fraction of sp³-hybridized carbons (Fsp3) is 0.476. The van der Waals surface area contributed by atoms with E-state index in [9.17, 15) is 14.1 Å². The van der Waals surface area contributed by atoms with E-state index in [-0.39, 0.29) is 23.8 Å². The van der Waals surface area contributed by atoms with Crippen LogP contribution in [0, 0.1) is 12.8 Å². The van der Waals surface area contributed by atoms with Gasteiger partial charge in [-0.3, -0.25) is 14.1 Å². The van der Waals surface area contributed by atoms with Gasteiger partial charge in [-0.2, -0.15) is 0 Å². The molecule has 1 saturated carbocycles. The number of carbonyl (C=O) groups is 1. The summed E-state index contributed by atoms with van der Waals surface area (Å²) in [5.74, 6) is 0.690. The Labute approximate surface area is 177 Å². The quantitative estimate of drug-likeness (QED) is 0.427. The van der Waals surface area contributed by atoms with Gasteiger partial charge in [-0.25, -0.2) is 4.21 Å². The monoisotopic (exact) mass is 433 g/mol. The fourth-order valence-electron chi connectivity index (χ4n) is 4.39. The molecule has 1 fully saturated rings. The Balaban J connectivity index is 1.29. The van der Waals surface area contributed by atoms with Crippen molar-refractivity contribution in [1.82, 2.24) is 10.3 Å². The van der Waals surface area contributed by atoms with Crippen molar-refractivity contribution in [3.05, 3.63) is 47.3 Å². The van der Waals surface area contributed by atoms with Crippen LogP contribution in [0.3, 0.4) is 0 Å². The number of H-pyrrole nitrogens is 1. The molecule has 1 heterocycles. The second-order valence-electron chi connectivity index (χ2n) is 8.06. The summed E-state index contributed by atoms with van der Waals surface area (Å²) in [6, 6.07) is 8.49. The summed E-state index contributed by atoms with van der Waals surface area (Å²) >= 11 is -2.12. The Morgan fingerprint density at radius 2 is 2.00 bits per heavy atom. The van der Waals surface area contributed by atoms with Crippen molar-refractivity contribution < 1.29 is 23.4 Å². The first kappa shape index (κ1) is 21.0. The van der Waals surface area contributed by atoms with Crippen LogP contribution in [0.1, 0.15) is 41.0 Å². The highest BCUT2D eigenvalue weighted by atomic mass is 32.2. The molecule has 1 aromatic carbocycles. The van der Waals surface area contributed by atoms with Crippen LogP contribution >= 0.6 is 0 Å². The van der Waals surface area contributed by atoms with Crippen molar-refractivity contribution in [2.24, 2.45) is 5.92 Å². The molecule has 4 rings (SSSR count). The lowest BCUT2D eigenvalue weighted by Gasteiger charge is -2.25. The van der Waals surface area contributed by atoms with E-state index < -0.39 is 17.4 Å². The zero-order valence-electron chi connectivity index (χ0n) is 16.8. The van der Waals surface area contributed by atoms with Crippen molar-refractivity contribution in [1.29, 1.82) is 0 Å². The summed E-state index contributed by atoms with van der Waals surface area (Å²) in [7, 11) is 0.